The van der Waals surface area contributed by atoms with Crippen molar-refractivity contribution in [1.29, 1.82) is 0 Å². The summed E-state index contributed by atoms with van der Waals surface area (Å²) in [4.78, 5) is 23.6. The van der Waals surface area contributed by atoms with Crippen molar-refractivity contribution in [2.24, 2.45) is 0 Å². The fourth-order valence-corrected chi connectivity index (χ4v) is 2.97. The molecular weight excluding hydrogens is 386 g/mol. The van der Waals surface area contributed by atoms with Crippen LogP contribution < -0.4 is 9.62 Å². The van der Waals surface area contributed by atoms with Crippen molar-refractivity contribution in [1.82, 2.24) is 5.16 Å². The molecule has 9 nitrogen and oxygen atoms in total. The highest BCUT2D eigenvalue weighted by Gasteiger charge is 2.22. The van der Waals surface area contributed by atoms with Crippen molar-refractivity contribution < 1.29 is 27.3 Å². The van der Waals surface area contributed by atoms with Gasteiger partial charge < -0.3 is 14.6 Å². The van der Waals surface area contributed by atoms with Gasteiger partial charge in [0.05, 0.1) is 11.9 Å². The molecule has 1 amide bonds. The Hall–Kier alpha value is -2.59. The Morgan fingerprint density at radius 2 is 2.08 bits per heavy atom. The number of carbonyl (C=O) groups is 2. The van der Waals surface area contributed by atoms with Crippen molar-refractivity contribution in [3.63, 3.8) is 0 Å². The molecule has 0 unspecified atom stereocenters. The predicted molar refractivity (Wildman–Crippen MR) is 94.5 cm³/mol. The molecule has 0 spiro atoms. The van der Waals surface area contributed by atoms with E-state index in [1.54, 1.807) is 19.1 Å². The lowest BCUT2D eigenvalue weighted by atomic mass is 10.3. The van der Waals surface area contributed by atoms with Crippen molar-refractivity contribution in [2.45, 2.75) is 6.92 Å². The van der Waals surface area contributed by atoms with Gasteiger partial charge in [-0.2, -0.15) is 0 Å². The molecule has 0 aliphatic rings. The molecule has 1 N–H and O–H groups in total. The molecule has 0 saturated carbocycles. The van der Waals surface area contributed by atoms with Gasteiger partial charge in [0.25, 0.3) is 5.91 Å². The lowest BCUT2D eigenvalue weighted by molar-refractivity contribution is -0.145. The lowest BCUT2D eigenvalue weighted by Gasteiger charge is -2.21. The molecule has 0 radical (unpaired) electrons. The number of nitrogens with one attached hydrogen (secondary N) is 1. The number of carbonyl (C=O) groups excluding carboxylic acids is 2. The Morgan fingerprint density at radius 3 is 2.65 bits per heavy atom. The summed E-state index contributed by atoms with van der Waals surface area (Å²) in [6, 6.07) is 7.49. The molecule has 0 fully saturated rings. The fourth-order valence-electron chi connectivity index (χ4n) is 1.94. The minimum absolute atomic E-state index is 0.181. The maximum absolute atomic E-state index is 11.9. The van der Waals surface area contributed by atoms with E-state index in [9.17, 15) is 18.0 Å². The molecular formula is C15H16ClN3O6S. The Balaban J connectivity index is 1.96. The number of esters is 1. The summed E-state index contributed by atoms with van der Waals surface area (Å²) in [5.74, 6) is -0.856. The van der Waals surface area contributed by atoms with Crippen LogP contribution in [0.4, 0.5) is 11.5 Å². The van der Waals surface area contributed by atoms with Gasteiger partial charge in [-0.1, -0.05) is 22.8 Å². The van der Waals surface area contributed by atoms with E-state index in [4.69, 9.17) is 20.9 Å². The van der Waals surface area contributed by atoms with E-state index >= 15 is 0 Å². The van der Waals surface area contributed by atoms with Gasteiger partial charge in [-0.3, -0.25) is 13.9 Å². The van der Waals surface area contributed by atoms with Crippen LogP contribution in [-0.4, -0.2) is 44.9 Å². The third kappa shape index (κ3) is 5.74. The van der Waals surface area contributed by atoms with E-state index in [1.165, 1.54) is 18.2 Å². The third-order valence-corrected chi connectivity index (χ3v) is 4.40. The Labute approximate surface area is 154 Å². The van der Waals surface area contributed by atoms with Crippen LogP contribution in [0.15, 0.2) is 34.9 Å². The number of ether oxygens (including phenoxy) is 1. The van der Waals surface area contributed by atoms with Crippen LogP contribution in [0, 0.1) is 6.92 Å². The first-order valence-corrected chi connectivity index (χ1v) is 9.50. The van der Waals surface area contributed by atoms with E-state index in [0.717, 1.165) is 10.6 Å². The molecule has 0 atom stereocenters. The van der Waals surface area contributed by atoms with E-state index in [0.29, 0.717) is 10.8 Å². The summed E-state index contributed by atoms with van der Waals surface area (Å²) in [5.41, 5.74) is 0.208. The highest BCUT2D eigenvalue weighted by atomic mass is 35.5. The zero-order valence-electron chi connectivity index (χ0n) is 13.9. The van der Waals surface area contributed by atoms with Gasteiger partial charge in [0.15, 0.2) is 12.4 Å². The summed E-state index contributed by atoms with van der Waals surface area (Å²) in [6.45, 7) is 0.450. The second kappa shape index (κ2) is 8.19. The average Bonchev–Trinajstić information content (AvgIpc) is 2.94. The van der Waals surface area contributed by atoms with Crippen LogP contribution in [0.5, 0.6) is 0 Å². The summed E-state index contributed by atoms with van der Waals surface area (Å²) >= 11 is 5.85. The zero-order chi connectivity index (χ0) is 19.3. The van der Waals surface area contributed by atoms with Crippen LogP contribution in [0.1, 0.15) is 5.76 Å². The summed E-state index contributed by atoms with van der Waals surface area (Å²) < 4.78 is 34.3. The number of rotatable bonds is 7. The fraction of sp³-hybridized carbons (Fsp3) is 0.267. The number of anilines is 2. The molecule has 0 saturated heterocycles. The molecule has 2 aromatic rings. The number of aromatic nitrogens is 1. The van der Waals surface area contributed by atoms with Crippen LogP contribution in [-0.2, 0) is 24.3 Å². The maximum Gasteiger partial charge on any atom is 0.327 e. The van der Waals surface area contributed by atoms with Gasteiger partial charge >= 0.3 is 5.97 Å². The second-order valence-electron chi connectivity index (χ2n) is 5.28. The van der Waals surface area contributed by atoms with Gasteiger partial charge in [-0.05, 0) is 25.1 Å². The molecule has 26 heavy (non-hydrogen) atoms. The molecule has 1 aromatic carbocycles. The van der Waals surface area contributed by atoms with E-state index in [1.807, 2.05) is 0 Å². The van der Waals surface area contributed by atoms with Crippen molar-refractivity contribution in [3.05, 3.63) is 41.1 Å². The molecule has 1 heterocycles. The maximum atomic E-state index is 11.9. The molecule has 1 aromatic heterocycles. The van der Waals surface area contributed by atoms with Gasteiger partial charge in [-0.25, -0.2) is 8.42 Å². The Kier molecular flexibility index (Phi) is 6.22. The third-order valence-electron chi connectivity index (χ3n) is 3.03. The summed E-state index contributed by atoms with van der Waals surface area (Å²) in [7, 11) is -3.76. The monoisotopic (exact) mass is 401 g/mol. The van der Waals surface area contributed by atoms with Gasteiger partial charge in [0.1, 0.15) is 12.3 Å². The quantitative estimate of drug-likeness (QED) is 0.699. The summed E-state index contributed by atoms with van der Waals surface area (Å²) in [5, 5.41) is 6.25. The molecule has 0 bridgehead atoms. The summed E-state index contributed by atoms with van der Waals surface area (Å²) in [6.07, 6.45) is 0.945. The van der Waals surface area contributed by atoms with Crippen LogP contribution in [0.3, 0.4) is 0 Å². The smallest absolute Gasteiger partial charge is 0.327 e. The minimum Gasteiger partial charge on any atom is -0.454 e. The highest BCUT2D eigenvalue weighted by molar-refractivity contribution is 7.92. The number of halogens is 1. The number of amides is 1. The predicted octanol–water partition coefficient (Wildman–Crippen LogP) is 1.58. The normalized spacial score (nSPS) is 11.0. The molecule has 2 rings (SSSR count). The molecule has 140 valence electrons. The first-order chi connectivity index (χ1) is 12.1. The van der Waals surface area contributed by atoms with Gasteiger partial charge in [0.2, 0.25) is 10.0 Å². The SMILES string of the molecule is Cc1cc(NC(=O)COC(=O)CN(c2cccc(Cl)c2)S(C)(=O)=O)no1. The van der Waals surface area contributed by atoms with E-state index < -0.39 is 35.1 Å². The number of hydrogen-bond donors (Lipinski definition) is 1. The van der Waals surface area contributed by atoms with E-state index in [2.05, 4.69) is 10.5 Å². The van der Waals surface area contributed by atoms with Crippen molar-refractivity contribution in [3.8, 4) is 0 Å². The van der Waals surface area contributed by atoms with Gasteiger partial charge in [0, 0.05) is 11.1 Å². The van der Waals surface area contributed by atoms with Crippen LogP contribution in [0.2, 0.25) is 5.02 Å². The number of hydrogen-bond acceptors (Lipinski definition) is 7. The number of nitrogens with zero attached hydrogens (tertiary/aromatic N) is 2. The van der Waals surface area contributed by atoms with Crippen molar-refractivity contribution in [2.75, 3.05) is 29.0 Å². The Morgan fingerprint density at radius 1 is 1.35 bits per heavy atom. The molecule has 11 heteroatoms. The minimum atomic E-state index is -3.76. The van der Waals surface area contributed by atoms with Gasteiger partial charge in [-0.15, -0.1) is 0 Å². The number of sulfonamides is 1. The molecule has 0 aliphatic heterocycles. The lowest BCUT2D eigenvalue weighted by Crippen LogP contribution is -2.36. The Bertz CT molecular complexity index is 912. The second-order valence-corrected chi connectivity index (χ2v) is 7.62. The zero-order valence-corrected chi connectivity index (χ0v) is 15.5. The van der Waals surface area contributed by atoms with Crippen LogP contribution in [0.25, 0.3) is 0 Å². The first-order valence-electron chi connectivity index (χ1n) is 7.27. The average molecular weight is 402 g/mol. The standard InChI is InChI=1S/C15H16ClN3O6S/c1-10-6-13(18-25-10)17-14(20)9-24-15(21)8-19(26(2,22)23)12-5-3-4-11(16)7-12/h3-7H,8-9H2,1-2H3,(H,17,18,20). The molecule has 0 aliphatic carbocycles. The highest BCUT2D eigenvalue weighted by Crippen LogP contribution is 2.21. The topological polar surface area (TPSA) is 119 Å². The van der Waals surface area contributed by atoms with Crippen LogP contribution >= 0.6 is 11.6 Å². The number of benzene rings is 1. The van der Waals surface area contributed by atoms with Crippen molar-refractivity contribution >= 4 is 45.0 Å². The largest absolute Gasteiger partial charge is 0.454 e. The van der Waals surface area contributed by atoms with E-state index in [-0.39, 0.29) is 11.5 Å². The number of aryl methyl sites for hydroxylation is 1. The first kappa shape index (κ1) is 19.7.